The normalized spacial score (nSPS) is 20.6. The topological polar surface area (TPSA) is 41.5 Å². The van der Waals surface area contributed by atoms with E-state index < -0.39 is 0 Å². The highest BCUT2D eigenvalue weighted by atomic mass is 32.1. The summed E-state index contributed by atoms with van der Waals surface area (Å²) in [7, 11) is 0. The van der Waals surface area contributed by atoms with Crippen LogP contribution in [0.15, 0.2) is 6.33 Å². The molecule has 2 fully saturated rings. The largest absolute Gasteiger partial charge is 0.363 e. The number of hydrogen-bond donors (Lipinski definition) is 0. The lowest BCUT2D eigenvalue weighted by molar-refractivity contribution is -0.0858. The summed E-state index contributed by atoms with van der Waals surface area (Å²) in [6.45, 7) is 11.9. The van der Waals surface area contributed by atoms with Crippen LogP contribution >= 0.6 is 11.3 Å². The number of anilines is 1. The van der Waals surface area contributed by atoms with Crippen molar-refractivity contribution in [2.45, 2.75) is 59.1 Å². The predicted octanol–water partition coefficient (Wildman–Crippen LogP) is 4.24. The van der Waals surface area contributed by atoms with Crippen LogP contribution in [0, 0.1) is 12.8 Å². The maximum absolute atomic E-state index is 6.20. The summed E-state index contributed by atoms with van der Waals surface area (Å²) in [6.07, 6.45) is 8.09. The van der Waals surface area contributed by atoms with Gasteiger partial charge in [-0.15, -0.1) is 11.3 Å². The standard InChI is InChI=1S/C21H32N4OS/c1-4-17-15(3)27-20-18(17)19(22-14-23-20)24-12-8-16(9-13-24)21(26-5-2)25-10-6-7-11-25/h14,16,21H,4-13H2,1-3H3. The van der Waals surface area contributed by atoms with Crippen molar-refractivity contribution in [3.63, 3.8) is 0 Å². The molecule has 0 radical (unpaired) electrons. The minimum Gasteiger partial charge on any atom is -0.363 e. The predicted molar refractivity (Wildman–Crippen MR) is 113 cm³/mol. The van der Waals surface area contributed by atoms with Gasteiger partial charge in [-0.25, -0.2) is 9.97 Å². The molecule has 0 aliphatic carbocycles. The van der Waals surface area contributed by atoms with Crippen molar-refractivity contribution < 1.29 is 4.74 Å². The number of aromatic nitrogens is 2. The zero-order valence-corrected chi connectivity index (χ0v) is 17.7. The summed E-state index contributed by atoms with van der Waals surface area (Å²) in [5.41, 5.74) is 1.43. The maximum Gasteiger partial charge on any atom is 0.141 e. The van der Waals surface area contributed by atoms with Crippen LogP contribution in [-0.2, 0) is 11.2 Å². The second kappa shape index (κ2) is 8.41. The first kappa shape index (κ1) is 19.1. The summed E-state index contributed by atoms with van der Waals surface area (Å²) in [5.74, 6) is 1.78. The summed E-state index contributed by atoms with van der Waals surface area (Å²) >= 11 is 1.81. The molecule has 0 saturated carbocycles. The molecule has 2 aromatic rings. The fraction of sp³-hybridized carbons (Fsp3) is 0.714. The lowest BCUT2D eigenvalue weighted by Gasteiger charge is -2.40. The summed E-state index contributed by atoms with van der Waals surface area (Å²) < 4.78 is 6.20. The molecule has 0 spiro atoms. The number of aryl methyl sites for hydroxylation is 2. The lowest BCUT2D eigenvalue weighted by atomic mass is 9.94. The van der Waals surface area contributed by atoms with Crippen LogP contribution in [-0.4, -0.2) is 53.9 Å². The molecule has 5 nitrogen and oxygen atoms in total. The van der Waals surface area contributed by atoms with Gasteiger partial charge in [-0.1, -0.05) is 6.92 Å². The van der Waals surface area contributed by atoms with Crippen molar-refractivity contribution >= 4 is 27.4 Å². The smallest absolute Gasteiger partial charge is 0.141 e. The fourth-order valence-corrected chi connectivity index (χ4v) is 5.93. The van der Waals surface area contributed by atoms with E-state index in [0.29, 0.717) is 12.1 Å². The molecule has 4 heterocycles. The van der Waals surface area contributed by atoms with Gasteiger partial charge in [0.25, 0.3) is 0 Å². The van der Waals surface area contributed by atoms with Crippen molar-refractivity contribution in [1.82, 2.24) is 14.9 Å². The van der Waals surface area contributed by atoms with Crippen LogP contribution in [0.4, 0.5) is 5.82 Å². The monoisotopic (exact) mass is 388 g/mol. The third-order valence-electron chi connectivity index (χ3n) is 6.20. The van der Waals surface area contributed by atoms with E-state index in [9.17, 15) is 0 Å². The van der Waals surface area contributed by atoms with Crippen LogP contribution in [0.25, 0.3) is 10.2 Å². The molecule has 0 N–H and O–H groups in total. The minimum absolute atomic E-state index is 0.305. The Morgan fingerprint density at radius 1 is 1.15 bits per heavy atom. The Bertz CT molecular complexity index is 763. The van der Waals surface area contributed by atoms with Crippen molar-refractivity contribution in [2.75, 3.05) is 37.7 Å². The van der Waals surface area contributed by atoms with Gasteiger partial charge in [0, 0.05) is 43.6 Å². The van der Waals surface area contributed by atoms with Crippen molar-refractivity contribution in [3.05, 3.63) is 16.8 Å². The highest BCUT2D eigenvalue weighted by molar-refractivity contribution is 7.18. The molecule has 1 atom stereocenters. The first-order valence-corrected chi connectivity index (χ1v) is 11.4. The van der Waals surface area contributed by atoms with E-state index >= 15 is 0 Å². The Kier molecular flexibility index (Phi) is 5.95. The number of ether oxygens (including phenoxy) is 1. The molecular weight excluding hydrogens is 356 g/mol. The second-order valence-electron chi connectivity index (χ2n) is 7.78. The number of thiophene rings is 1. The number of piperidine rings is 1. The number of hydrogen-bond acceptors (Lipinski definition) is 6. The highest BCUT2D eigenvalue weighted by Gasteiger charge is 2.33. The van der Waals surface area contributed by atoms with Crippen molar-refractivity contribution in [2.24, 2.45) is 5.92 Å². The van der Waals surface area contributed by atoms with Gasteiger partial charge in [0.05, 0.1) is 5.39 Å². The number of nitrogens with zero attached hydrogens (tertiary/aromatic N) is 4. The van der Waals surface area contributed by atoms with Crippen molar-refractivity contribution in [1.29, 1.82) is 0 Å². The highest BCUT2D eigenvalue weighted by Crippen LogP contribution is 2.37. The fourth-order valence-electron chi connectivity index (χ4n) is 4.85. The lowest BCUT2D eigenvalue weighted by Crippen LogP contribution is -2.46. The molecule has 4 rings (SSSR count). The van der Waals surface area contributed by atoms with Gasteiger partial charge in [0.15, 0.2) is 0 Å². The van der Waals surface area contributed by atoms with Gasteiger partial charge in [0.1, 0.15) is 23.2 Å². The van der Waals surface area contributed by atoms with E-state index in [0.717, 1.165) is 36.8 Å². The SMILES string of the molecule is CCOC(C1CCN(c2ncnc3sc(C)c(CC)c23)CC1)N1CCCC1. The maximum atomic E-state index is 6.20. The Labute approximate surface area is 166 Å². The number of likely N-dealkylation sites (tertiary alicyclic amines) is 1. The molecule has 2 saturated heterocycles. The summed E-state index contributed by atoms with van der Waals surface area (Å²) in [5, 5.41) is 1.29. The van der Waals surface area contributed by atoms with Gasteiger partial charge in [0.2, 0.25) is 0 Å². The molecular formula is C21H32N4OS. The molecule has 27 heavy (non-hydrogen) atoms. The molecule has 0 aromatic carbocycles. The van der Waals surface area contributed by atoms with E-state index in [1.807, 2.05) is 0 Å². The van der Waals surface area contributed by atoms with E-state index in [1.54, 1.807) is 17.7 Å². The Morgan fingerprint density at radius 2 is 1.89 bits per heavy atom. The van der Waals surface area contributed by atoms with E-state index in [1.165, 1.54) is 54.6 Å². The molecule has 2 aliphatic rings. The van der Waals surface area contributed by atoms with Gasteiger partial charge >= 0.3 is 0 Å². The number of rotatable bonds is 6. The quantitative estimate of drug-likeness (QED) is 0.740. The summed E-state index contributed by atoms with van der Waals surface area (Å²) in [6, 6.07) is 0. The molecule has 0 amide bonds. The Hall–Kier alpha value is -1.24. The third-order valence-corrected chi connectivity index (χ3v) is 7.26. The second-order valence-corrected chi connectivity index (χ2v) is 8.98. The van der Waals surface area contributed by atoms with E-state index in [2.05, 4.69) is 35.6 Å². The van der Waals surface area contributed by atoms with E-state index in [-0.39, 0.29) is 0 Å². The van der Waals surface area contributed by atoms with Gasteiger partial charge in [-0.2, -0.15) is 0 Å². The first-order chi connectivity index (χ1) is 13.2. The van der Waals surface area contributed by atoms with E-state index in [4.69, 9.17) is 9.72 Å². The zero-order chi connectivity index (χ0) is 18.8. The molecule has 2 aromatic heterocycles. The molecule has 1 unspecified atom stereocenters. The van der Waals surface area contributed by atoms with Crippen LogP contribution in [0.5, 0.6) is 0 Å². The van der Waals surface area contributed by atoms with Crippen LogP contribution < -0.4 is 4.90 Å². The van der Waals surface area contributed by atoms with Gasteiger partial charge in [-0.3, -0.25) is 4.90 Å². The molecule has 0 bridgehead atoms. The zero-order valence-electron chi connectivity index (χ0n) is 16.9. The van der Waals surface area contributed by atoms with Gasteiger partial charge in [-0.05, 0) is 51.5 Å². The van der Waals surface area contributed by atoms with Gasteiger partial charge < -0.3 is 9.64 Å². The minimum atomic E-state index is 0.305. The third kappa shape index (κ3) is 3.71. The van der Waals surface area contributed by atoms with Crippen LogP contribution in [0.1, 0.15) is 50.0 Å². The average Bonchev–Trinajstić information content (AvgIpc) is 3.33. The van der Waals surface area contributed by atoms with Crippen LogP contribution in [0.3, 0.4) is 0 Å². The van der Waals surface area contributed by atoms with Crippen LogP contribution in [0.2, 0.25) is 0 Å². The average molecular weight is 389 g/mol. The Balaban J connectivity index is 1.51. The molecule has 6 heteroatoms. The molecule has 2 aliphatic heterocycles. The number of fused-ring (bicyclic) bond motifs is 1. The summed E-state index contributed by atoms with van der Waals surface area (Å²) in [4.78, 5) is 16.8. The first-order valence-electron chi connectivity index (χ1n) is 10.6. The molecule has 148 valence electrons. The Morgan fingerprint density at radius 3 is 2.56 bits per heavy atom. The van der Waals surface area contributed by atoms with Crippen molar-refractivity contribution in [3.8, 4) is 0 Å².